The number of benzene rings is 2. The van der Waals surface area contributed by atoms with E-state index < -0.39 is 6.04 Å². The SMILES string of the molecule is CSc1ccc(C2NC(=O)N(CC(C)C)C(C)=C2c2nc(-c3ccc(F)cc3)no2)cc1. The van der Waals surface area contributed by atoms with Gasteiger partial charge in [-0.2, -0.15) is 4.98 Å². The molecule has 2 amide bonds. The Kier molecular flexibility index (Phi) is 6.32. The third kappa shape index (κ3) is 4.41. The molecule has 6 nitrogen and oxygen atoms in total. The molecule has 1 unspecified atom stereocenters. The first-order valence-corrected chi connectivity index (χ1v) is 11.6. The molecular weight excluding hydrogens is 427 g/mol. The number of urea groups is 1. The molecule has 0 aliphatic carbocycles. The Morgan fingerprint density at radius 1 is 1.16 bits per heavy atom. The summed E-state index contributed by atoms with van der Waals surface area (Å²) >= 11 is 1.66. The van der Waals surface area contributed by atoms with Crippen molar-refractivity contribution < 1.29 is 13.7 Å². The number of nitrogens with one attached hydrogen (secondary N) is 1. The van der Waals surface area contributed by atoms with Gasteiger partial charge in [0.1, 0.15) is 5.82 Å². The van der Waals surface area contributed by atoms with E-state index >= 15 is 0 Å². The van der Waals surface area contributed by atoms with E-state index in [1.165, 1.54) is 12.1 Å². The number of halogens is 1. The lowest BCUT2D eigenvalue weighted by atomic mass is 9.94. The molecule has 1 aliphatic heterocycles. The van der Waals surface area contributed by atoms with Gasteiger partial charge in [-0.15, -0.1) is 11.8 Å². The average molecular weight is 453 g/mol. The molecular formula is C24H25FN4O2S. The van der Waals surface area contributed by atoms with Crippen molar-refractivity contribution >= 4 is 23.4 Å². The van der Waals surface area contributed by atoms with Crippen LogP contribution in [0, 0.1) is 11.7 Å². The van der Waals surface area contributed by atoms with E-state index in [0.717, 1.165) is 21.7 Å². The molecule has 0 radical (unpaired) electrons. The summed E-state index contributed by atoms with van der Waals surface area (Å²) in [5.74, 6) is 0.648. The molecule has 0 spiro atoms. The molecule has 8 heteroatoms. The molecule has 0 bridgehead atoms. The second kappa shape index (κ2) is 9.16. The summed E-state index contributed by atoms with van der Waals surface area (Å²) in [6, 6.07) is 13.4. The van der Waals surface area contributed by atoms with Crippen LogP contribution in [-0.4, -0.2) is 33.9 Å². The highest BCUT2D eigenvalue weighted by atomic mass is 32.2. The van der Waals surface area contributed by atoms with E-state index in [4.69, 9.17) is 4.52 Å². The fraction of sp³-hybridized carbons (Fsp3) is 0.292. The molecule has 2 aromatic carbocycles. The molecule has 1 aliphatic rings. The van der Waals surface area contributed by atoms with Crippen molar-refractivity contribution in [1.82, 2.24) is 20.4 Å². The van der Waals surface area contributed by atoms with E-state index in [1.807, 2.05) is 37.4 Å². The molecule has 2 heterocycles. The number of carbonyl (C=O) groups excluding carboxylic acids is 1. The molecule has 1 atom stereocenters. The molecule has 4 rings (SSSR count). The van der Waals surface area contributed by atoms with Crippen LogP contribution < -0.4 is 5.32 Å². The largest absolute Gasteiger partial charge is 0.334 e. The van der Waals surface area contributed by atoms with Crippen LogP contribution in [0.3, 0.4) is 0 Å². The predicted octanol–water partition coefficient (Wildman–Crippen LogP) is 5.75. The van der Waals surface area contributed by atoms with Gasteiger partial charge in [0.25, 0.3) is 5.89 Å². The number of allylic oxidation sites excluding steroid dienone is 1. The Bertz CT molecular complexity index is 1140. The Morgan fingerprint density at radius 2 is 1.84 bits per heavy atom. The highest BCUT2D eigenvalue weighted by Gasteiger charge is 2.35. The average Bonchev–Trinajstić information content (AvgIpc) is 3.26. The number of aromatic nitrogens is 2. The smallest absolute Gasteiger partial charge is 0.322 e. The van der Waals surface area contributed by atoms with E-state index in [1.54, 1.807) is 28.8 Å². The van der Waals surface area contributed by atoms with E-state index in [0.29, 0.717) is 23.8 Å². The second-order valence-electron chi connectivity index (χ2n) is 8.09. The molecule has 1 aromatic heterocycles. The van der Waals surface area contributed by atoms with E-state index in [9.17, 15) is 9.18 Å². The minimum atomic E-state index is -0.427. The number of hydrogen-bond acceptors (Lipinski definition) is 5. The van der Waals surface area contributed by atoms with Crippen LogP contribution in [0.1, 0.15) is 38.3 Å². The van der Waals surface area contributed by atoms with Crippen LogP contribution in [0.25, 0.3) is 17.0 Å². The maximum Gasteiger partial charge on any atom is 0.322 e. The first-order valence-electron chi connectivity index (χ1n) is 10.4. The summed E-state index contributed by atoms with van der Waals surface area (Å²) in [7, 11) is 0. The lowest BCUT2D eigenvalue weighted by Gasteiger charge is -2.36. The van der Waals surface area contributed by atoms with Crippen LogP contribution in [-0.2, 0) is 0 Å². The van der Waals surface area contributed by atoms with Crippen molar-refractivity contribution in [3.63, 3.8) is 0 Å². The maximum absolute atomic E-state index is 13.3. The number of thioether (sulfide) groups is 1. The van der Waals surface area contributed by atoms with Crippen LogP contribution in [0.2, 0.25) is 0 Å². The standard InChI is InChI=1S/C24H25FN4O2S/c1-14(2)13-29-15(3)20(21(26-24(29)30)16-7-11-19(32-4)12-8-16)23-27-22(28-31-23)17-5-9-18(25)10-6-17/h5-12,14,21H,13H2,1-4H3,(H,26,30). The minimum Gasteiger partial charge on any atom is -0.334 e. The van der Waals surface area contributed by atoms with Crippen LogP contribution in [0.15, 0.2) is 63.6 Å². The summed E-state index contributed by atoms with van der Waals surface area (Å²) in [6.07, 6.45) is 2.02. The first kappa shape index (κ1) is 22.1. The van der Waals surface area contributed by atoms with Crippen LogP contribution in [0.4, 0.5) is 9.18 Å². The van der Waals surface area contributed by atoms with Gasteiger partial charge in [-0.3, -0.25) is 4.90 Å². The summed E-state index contributed by atoms with van der Waals surface area (Å²) in [6.45, 7) is 6.60. The van der Waals surface area contributed by atoms with Gasteiger partial charge in [-0.05, 0) is 61.1 Å². The fourth-order valence-corrected chi connectivity index (χ4v) is 4.15. The van der Waals surface area contributed by atoms with Gasteiger partial charge >= 0.3 is 6.03 Å². The zero-order valence-electron chi connectivity index (χ0n) is 18.4. The van der Waals surface area contributed by atoms with Gasteiger partial charge in [0.2, 0.25) is 5.82 Å². The number of amides is 2. The minimum absolute atomic E-state index is 0.155. The van der Waals surface area contributed by atoms with Crippen LogP contribution >= 0.6 is 11.8 Å². The van der Waals surface area contributed by atoms with Gasteiger partial charge in [0.05, 0.1) is 11.6 Å². The van der Waals surface area contributed by atoms with Crippen molar-refractivity contribution in [3.8, 4) is 11.4 Å². The Balaban J connectivity index is 1.79. The van der Waals surface area contributed by atoms with Crippen molar-refractivity contribution in [3.05, 3.63) is 71.5 Å². The van der Waals surface area contributed by atoms with Gasteiger partial charge < -0.3 is 9.84 Å². The highest BCUT2D eigenvalue weighted by molar-refractivity contribution is 7.98. The molecule has 0 fully saturated rings. The molecule has 3 aromatic rings. The van der Waals surface area contributed by atoms with Crippen LogP contribution in [0.5, 0.6) is 0 Å². The Hall–Kier alpha value is -3.13. The number of hydrogen-bond donors (Lipinski definition) is 1. The third-order valence-corrected chi connectivity index (χ3v) is 6.10. The highest BCUT2D eigenvalue weighted by Crippen LogP contribution is 2.38. The second-order valence-corrected chi connectivity index (χ2v) is 8.97. The number of rotatable bonds is 6. The van der Waals surface area contributed by atoms with Gasteiger partial charge in [0, 0.05) is 22.7 Å². The zero-order chi connectivity index (χ0) is 22.8. The monoisotopic (exact) mass is 452 g/mol. The Morgan fingerprint density at radius 3 is 2.47 bits per heavy atom. The summed E-state index contributed by atoms with van der Waals surface area (Å²) < 4.78 is 19.0. The fourth-order valence-electron chi connectivity index (χ4n) is 3.74. The van der Waals surface area contributed by atoms with Crippen molar-refractivity contribution in [2.75, 3.05) is 12.8 Å². The summed E-state index contributed by atoms with van der Waals surface area (Å²) in [4.78, 5) is 20.4. The molecule has 166 valence electrons. The van der Waals surface area contributed by atoms with Gasteiger partial charge in [-0.1, -0.05) is 31.1 Å². The topological polar surface area (TPSA) is 71.3 Å². The lowest BCUT2D eigenvalue weighted by molar-refractivity contribution is 0.199. The normalized spacial score (nSPS) is 16.6. The predicted molar refractivity (Wildman–Crippen MR) is 123 cm³/mol. The molecule has 1 N–H and O–H groups in total. The molecule has 0 saturated heterocycles. The summed E-state index contributed by atoms with van der Waals surface area (Å²) in [5, 5.41) is 7.21. The quantitative estimate of drug-likeness (QED) is 0.482. The first-order chi connectivity index (χ1) is 15.4. The van der Waals surface area contributed by atoms with E-state index in [-0.39, 0.29) is 17.8 Å². The molecule has 32 heavy (non-hydrogen) atoms. The van der Waals surface area contributed by atoms with E-state index in [2.05, 4.69) is 29.3 Å². The van der Waals surface area contributed by atoms with Crippen molar-refractivity contribution in [1.29, 1.82) is 0 Å². The third-order valence-electron chi connectivity index (χ3n) is 5.35. The summed E-state index contributed by atoms with van der Waals surface area (Å²) in [5.41, 5.74) is 3.11. The van der Waals surface area contributed by atoms with Crippen molar-refractivity contribution in [2.45, 2.75) is 31.7 Å². The zero-order valence-corrected chi connectivity index (χ0v) is 19.2. The number of carbonyl (C=O) groups is 1. The Labute approximate surface area is 190 Å². The molecule has 0 saturated carbocycles. The number of nitrogens with zero attached hydrogens (tertiary/aromatic N) is 3. The maximum atomic E-state index is 13.3. The van der Waals surface area contributed by atoms with Crippen molar-refractivity contribution in [2.24, 2.45) is 5.92 Å². The van der Waals surface area contributed by atoms with Gasteiger partial charge in [0.15, 0.2) is 0 Å². The van der Waals surface area contributed by atoms with Gasteiger partial charge in [-0.25, -0.2) is 9.18 Å². The lowest BCUT2D eigenvalue weighted by Crippen LogP contribution is -2.47.